The molecule has 1 saturated heterocycles. The van der Waals surface area contributed by atoms with Gasteiger partial charge in [-0.05, 0) is 26.1 Å². The first kappa shape index (κ1) is 13.8. The Kier molecular flexibility index (Phi) is 4.01. The fraction of sp³-hybridized carbons (Fsp3) is 0.538. The van der Waals surface area contributed by atoms with Crippen LogP contribution >= 0.6 is 0 Å². The molecular weight excluding hydrogens is 248 g/mol. The molecule has 1 aliphatic rings. The van der Waals surface area contributed by atoms with Crippen molar-refractivity contribution in [1.29, 1.82) is 0 Å². The van der Waals surface area contributed by atoms with E-state index < -0.39 is 11.5 Å². The molecule has 104 valence electrons. The molecule has 6 heteroatoms. The molecular formula is C13H18N2O4. The van der Waals surface area contributed by atoms with E-state index in [1.54, 1.807) is 13.0 Å². The zero-order valence-electron chi connectivity index (χ0n) is 11.1. The number of aromatic nitrogens is 1. The first-order valence-electron chi connectivity index (χ1n) is 6.23. The highest BCUT2D eigenvalue weighted by Gasteiger charge is 2.20. The van der Waals surface area contributed by atoms with Crippen LogP contribution < -0.4 is 5.56 Å². The molecule has 1 aromatic rings. The van der Waals surface area contributed by atoms with Gasteiger partial charge < -0.3 is 19.3 Å². The molecule has 0 saturated carbocycles. The summed E-state index contributed by atoms with van der Waals surface area (Å²) in [5, 5.41) is 8.98. The van der Waals surface area contributed by atoms with Gasteiger partial charge in [0.05, 0.1) is 19.3 Å². The standard InChI is InChI=1S/C13H18N2O4/c1-9-3-4-11(13(17)18)12(16)15(9)8-10-7-14(2)5-6-19-10/h3-4,10H,5-8H2,1-2H3,(H,17,18). The minimum absolute atomic E-state index is 0.0841. The maximum absolute atomic E-state index is 12.1. The lowest BCUT2D eigenvalue weighted by Gasteiger charge is -2.30. The second-order valence-electron chi connectivity index (χ2n) is 4.86. The van der Waals surface area contributed by atoms with Crippen LogP contribution in [0.5, 0.6) is 0 Å². The Morgan fingerprint density at radius 2 is 2.26 bits per heavy atom. The van der Waals surface area contributed by atoms with Crippen LogP contribution in [0.1, 0.15) is 16.1 Å². The molecule has 0 bridgehead atoms. The summed E-state index contributed by atoms with van der Waals surface area (Å²) in [6.07, 6.45) is -0.0841. The van der Waals surface area contributed by atoms with E-state index in [1.165, 1.54) is 10.6 Å². The second-order valence-corrected chi connectivity index (χ2v) is 4.86. The summed E-state index contributed by atoms with van der Waals surface area (Å²) in [6, 6.07) is 3.00. The SMILES string of the molecule is Cc1ccc(C(=O)O)c(=O)n1CC1CN(C)CCO1. The molecule has 6 nitrogen and oxygen atoms in total. The van der Waals surface area contributed by atoms with Crippen LogP contribution in [0.3, 0.4) is 0 Å². The van der Waals surface area contributed by atoms with Gasteiger partial charge in [0, 0.05) is 18.8 Å². The molecule has 1 aromatic heterocycles. The lowest BCUT2D eigenvalue weighted by molar-refractivity contribution is -0.0282. The summed E-state index contributed by atoms with van der Waals surface area (Å²) in [4.78, 5) is 25.2. The van der Waals surface area contributed by atoms with Crippen molar-refractivity contribution in [3.63, 3.8) is 0 Å². The Hall–Kier alpha value is -1.66. The van der Waals surface area contributed by atoms with E-state index in [9.17, 15) is 9.59 Å². The fourth-order valence-corrected chi connectivity index (χ4v) is 2.24. The Morgan fingerprint density at radius 1 is 1.53 bits per heavy atom. The molecule has 1 fully saturated rings. The van der Waals surface area contributed by atoms with E-state index in [-0.39, 0.29) is 11.7 Å². The van der Waals surface area contributed by atoms with Crippen LogP contribution in [0.25, 0.3) is 0 Å². The molecule has 2 rings (SSSR count). The fourth-order valence-electron chi connectivity index (χ4n) is 2.24. The number of hydrogen-bond acceptors (Lipinski definition) is 4. The smallest absolute Gasteiger partial charge is 0.341 e. The van der Waals surface area contributed by atoms with Gasteiger partial charge in [0.25, 0.3) is 5.56 Å². The number of nitrogens with zero attached hydrogens (tertiary/aromatic N) is 2. The average molecular weight is 266 g/mol. The molecule has 0 aromatic carbocycles. The third kappa shape index (κ3) is 3.02. The normalized spacial score (nSPS) is 20.4. The number of aryl methyl sites for hydroxylation is 1. The minimum Gasteiger partial charge on any atom is -0.477 e. The number of carboxylic acids is 1. The number of carboxylic acid groups (broad SMARTS) is 1. The number of pyridine rings is 1. The van der Waals surface area contributed by atoms with E-state index in [0.29, 0.717) is 13.2 Å². The van der Waals surface area contributed by atoms with Crippen LogP contribution in [0.2, 0.25) is 0 Å². The molecule has 0 spiro atoms. The molecule has 2 heterocycles. The van der Waals surface area contributed by atoms with Crippen LogP contribution in [-0.2, 0) is 11.3 Å². The summed E-state index contributed by atoms with van der Waals surface area (Å²) in [5.74, 6) is -1.19. The van der Waals surface area contributed by atoms with Gasteiger partial charge in [0.15, 0.2) is 0 Å². The summed E-state index contributed by atoms with van der Waals surface area (Å²) in [5.41, 5.74) is 0.0749. The molecule has 1 aliphatic heterocycles. The molecule has 19 heavy (non-hydrogen) atoms. The molecule has 1 N–H and O–H groups in total. The van der Waals surface area contributed by atoms with Crippen molar-refractivity contribution in [2.45, 2.75) is 19.6 Å². The summed E-state index contributed by atoms with van der Waals surface area (Å²) in [6.45, 7) is 4.42. The molecule has 1 atom stereocenters. The van der Waals surface area contributed by atoms with Crippen molar-refractivity contribution in [1.82, 2.24) is 9.47 Å². The highest BCUT2D eigenvalue weighted by Crippen LogP contribution is 2.07. The van der Waals surface area contributed by atoms with Crippen molar-refractivity contribution in [3.05, 3.63) is 33.7 Å². The predicted octanol–water partition coefficient (Wildman–Crippen LogP) is 0.186. The number of rotatable bonds is 3. The number of morpholine rings is 1. The largest absolute Gasteiger partial charge is 0.477 e. The van der Waals surface area contributed by atoms with Gasteiger partial charge >= 0.3 is 5.97 Å². The number of ether oxygens (including phenoxy) is 1. The van der Waals surface area contributed by atoms with Crippen molar-refractivity contribution in [2.75, 3.05) is 26.7 Å². The quantitative estimate of drug-likeness (QED) is 0.845. The third-order valence-corrected chi connectivity index (χ3v) is 3.35. The Morgan fingerprint density at radius 3 is 2.89 bits per heavy atom. The van der Waals surface area contributed by atoms with E-state index >= 15 is 0 Å². The number of aromatic carboxylic acids is 1. The maximum atomic E-state index is 12.1. The molecule has 0 amide bonds. The van der Waals surface area contributed by atoms with Crippen molar-refractivity contribution in [3.8, 4) is 0 Å². The number of carbonyl (C=O) groups is 1. The number of likely N-dealkylation sites (N-methyl/N-ethyl adjacent to an activating group) is 1. The first-order chi connectivity index (χ1) is 8.99. The highest BCUT2D eigenvalue weighted by molar-refractivity contribution is 5.87. The van der Waals surface area contributed by atoms with Gasteiger partial charge in [-0.25, -0.2) is 4.79 Å². The van der Waals surface area contributed by atoms with Gasteiger partial charge in [0.2, 0.25) is 0 Å². The van der Waals surface area contributed by atoms with Crippen molar-refractivity contribution >= 4 is 5.97 Å². The lowest BCUT2D eigenvalue weighted by atomic mass is 10.2. The van der Waals surface area contributed by atoms with Gasteiger partial charge in [-0.1, -0.05) is 0 Å². The highest BCUT2D eigenvalue weighted by atomic mass is 16.5. The molecule has 0 radical (unpaired) electrons. The predicted molar refractivity (Wildman–Crippen MR) is 69.6 cm³/mol. The third-order valence-electron chi connectivity index (χ3n) is 3.35. The monoisotopic (exact) mass is 266 g/mol. The van der Waals surface area contributed by atoms with E-state index in [1.807, 2.05) is 7.05 Å². The zero-order chi connectivity index (χ0) is 14.0. The second kappa shape index (κ2) is 5.54. The van der Waals surface area contributed by atoms with Gasteiger partial charge in [-0.15, -0.1) is 0 Å². The summed E-state index contributed by atoms with van der Waals surface area (Å²) >= 11 is 0. The van der Waals surface area contributed by atoms with Gasteiger partial charge in [-0.3, -0.25) is 4.79 Å². The minimum atomic E-state index is -1.19. The topological polar surface area (TPSA) is 71.8 Å². The summed E-state index contributed by atoms with van der Waals surface area (Å²) in [7, 11) is 2.00. The number of hydrogen-bond donors (Lipinski definition) is 1. The zero-order valence-corrected chi connectivity index (χ0v) is 11.1. The first-order valence-corrected chi connectivity index (χ1v) is 6.23. The van der Waals surface area contributed by atoms with Crippen LogP contribution in [0.4, 0.5) is 0 Å². The van der Waals surface area contributed by atoms with Crippen LogP contribution in [0, 0.1) is 6.92 Å². The van der Waals surface area contributed by atoms with Crippen LogP contribution in [-0.4, -0.2) is 53.4 Å². The van der Waals surface area contributed by atoms with Gasteiger partial charge in [0.1, 0.15) is 5.56 Å². The lowest BCUT2D eigenvalue weighted by Crippen LogP contribution is -2.44. The summed E-state index contributed by atoms with van der Waals surface area (Å²) < 4.78 is 7.09. The maximum Gasteiger partial charge on any atom is 0.341 e. The molecule has 0 aliphatic carbocycles. The van der Waals surface area contributed by atoms with Crippen molar-refractivity contribution < 1.29 is 14.6 Å². The van der Waals surface area contributed by atoms with Crippen molar-refractivity contribution in [2.24, 2.45) is 0 Å². The van der Waals surface area contributed by atoms with Gasteiger partial charge in [-0.2, -0.15) is 0 Å². The molecule has 1 unspecified atom stereocenters. The Balaban J connectivity index is 2.26. The Bertz CT molecular complexity index is 538. The average Bonchev–Trinajstić information content (AvgIpc) is 2.34. The van der Waals surface area contributed by atoms with E-state index in [2.05, 4.69) is 4.90 Å². The van der Waals surface area contributed by atoms with E-state index in [4.69, 9.17) is 9.84 Å². The Labute approximate surface area is 111 Å². The van der Waals surface area contributed by atoms with E-state index in [0.717, 1.165) is 18.8 Å². The van der Waals surface area contributed by atoms with Crippen LogP contribution in [0.15, 0.2) is 16.9 Å².